The van der Waals surface area contributed by atoms with Gasteiger partial charge < -0.3 is 10.0 Å². The van der Waals surface area contributed by atoms with Crippen molar-refractivity contribution < 1.29 is 27.9 Å². The van der Waals surface area contributed by atoms with Gasteiger partial charge >= 0.3 is 12.1 Å². The Morgan fingerprint density at radius 1 is 1.12 bits per heavy atom. The number of likely N-dealkylation sites (tertiary alicyclic amines) is 2. The van der Waals surface area contributed by atoms with Crippen LogP contribution >= 0.6 is 0 Å². The van der Waals surface area contributed by atoms with E-state index in [2.05, 4.69) is 45.2 Å². The molecule has 2 saturated heterocycles. The predicted octanol–water partition coefficient (Wildman–Crippen LogP) is 3.91. The number of aryl methyl sites for hydroxylation is 2. The lowest BCUT2D eigenvalue weighted by atomic mass is 9.87. The molecule has 7 nitrogen and oxygen atoms in total. The van der Waals surface area contributed by atoms with Crippen LogP contribution in [0.2, 0.25) is 0 Å². The van der Waals surface area contributed by atoms with E-state index in [1.807, 2.05) is 24.7 Å². The zero-order chi connectivity index (χ0) is 24.9. The SMILES string of the molecule is Cc1cc(CN2CCCC3(CCC(=O)N3Cc3ccccc3)CC2)n(C)n1.O=C(O)C(F)(F)F. The number of aliphatic carboxylic acids is 1. The lowest BCUT2D eigenvalue weighted by Gasteiger charge is -2.38. The molecular weight excluding hydrogens is 449 g/mol. The molecule has 1 atom stereocenters. The average Bonchev–Trinajstić information content (AvgIpc) is 3.15. The van der Waals surface area contributed by atoms with Gasteiger partial charge in [0.1, 0.15) is 0 Å². The van der Waals surface area contributed by atoms with Crippen LogP contribution in [0.5, 0.6) is 0 Å². The summed E-state index contributed by atoms with van der Waals surface area (Å²) < 4.78 is 33.7. The van der Waals surface area contributed by atoms with Gasteiger partial charge in [-0.05, 0) is 50.8 Å². The van der Waals surface area contributed by atoms with Crippen molar-refractivity contribution in [2.75, 3.05) is 13.1 Å². The van der Waals surface area contributed by atoms with E-state index in [-0.39, 0.29) is 5.54 Å². The van der Waals surface area contributed by atoms with Gasteiger partial charge in [-0.2, -0.15) is 18.3 Å². The molecule has 34 heavy (non-hydrogen) atoms. The number of benzene rings is 1. The second-order valence-electron chi connectivity index (χ2n) is 9.02. The van der Waals surface area contributed by atoms with Gasteiger partial charge in [0, 0.05) is 38.6 Å². The number of carboxylic acid groups (broad SMARTS) is 1. The Hall–Kier alpha value is -2.88. The van der Waals surface area contributed by atoms with Crippen molar-refractivity contribution in [2.45, 2.75) is 63.8 Å². The zero-order valence-corrected chi connectivity index (χ0v) is 19.5. The van der Waals surface area contributed by atoms with Crippen molar-refractivity contribution in [3.05, 3.63) is 53.3 Å². The van der Waals surface area contributed by atoms with Gasteiger partial charge in [-0.1, -0.05) is 30.3 Å². The minimum Gasteiger partial charge on any atom is -0.475 e. The van der Waals surface area contributed by atoms with Gasteiger partial charge in [0.2, 0.25) is 5.91 Å². The third-order valence-corrected chi connectivity index (χ3v) is 6.60. The maximum Gasteiger partial charge on any atom is 0.490 e. The number of carboxylic acids is 1. The van der Waals surface area contributed by atoms with Gasteiger partial charge in [-0.25, -0.2) is 4.79 Å². The van der Waals surface area contributed by atoms with E-state index < -0.39 is 12.1 Å². The Bertz CT molecular complexity index is 993. The molecule has 1 aromatic heterocycles. The van der Waals surface area contributed by atoms with Crippen LogP contribution in [-0.2, 0) is 29.7 Å². The fourth-order valence-electron chi connectivity index (χ4n) is 4.85. The van der Waals surface area contributed by atoms with Gasteiger partial charge in [-0.3, -0.25) is 14.4 Å². The van der Waals surface area contributed by atoms with E-state index in [9.17, 15) is 18.0 Å². The highest BCUT2D eigenvalue weighted by Gasteiger charge is 2.45. The summed E-state index contributed by atoms with van der Waals surface area (Å²) in [6.07, 6.45) is -0.0324. The number of hydrogen-bond acceptors (Lipinski definition) is 4. The Balaban J connectivity index is 0.000000406. The number of amides is 1. The molecule has 2 aromatic rings. The van der Waals surface area contributed by atoms with Gasteiger partial charge in [0.25, 0.3) is 0 Å². The molecule has 1 amide bonds. The van der Waals surface area contributed by atoms with Gasteiger partial charge in [-0.15, -0.1) is 0 Å². The Morgan fingerprint density at radius 3 is 2.38 bits per heavy atom. The molecule has 0 radical (unpaired) electrons. The molecule has 186 valence electrons. The van der Waals surface area contributed by atoms with Crippen LogP contribution in [-0.4, -0.2) is 61.4 Å². The van der Waals surface area contributed by atoms with E-state index in [1.54, 1.807) is 0 Å². The Kier molecular flexibility index (Phi) is 8.01. The Morgan fingerprint density at radius 2 is 1.79 bits per heavy atom. The molecule has 0 aliphatic carbocycles. The molecule has 1 unspecified atom stereocenters. The maximum atomic E-state index is 12.7. The molecule has 10 heteroatoms. The summed E-state index contributed by atoms with van der Waals surface area (Å²) in [7, 11) is 2.03. The topological polar surface area (TPSA) is 78.7 Å². The number of hydrogen-bond donors (Lipinski definition) is 1. The fraction of sp³-hybridized carbons (Fsp3) is 0.542. The number of carbonyl (C=O) groups is 2. The number of alkyl halides is 3. The molecule has 1 N–H and O–H groups in total. The first-order valence-electron chi connectivity index (χ1n) is 11.4. The second-order valence-corrected chi connectivity index (χ2v) is 9.02. The molecule has 0 saturated carbocycles. The van der Waals surface area contributed by atoms with Crippen LogP contribution in [0.25, 0.3) is 0 Å². The molecule has 1 aromatic carbocycles. The number of aromatic nitrogens is 2. The van der Waals surface area contributed by atoms with Crippen LogP contribution in [0.4, 0.5) is 13.2 Å². The normalized spacial score (nSPS) is 21.3. The lowest BCUT2D eigenvalue weighted by molar-refractivity contribution is -0.192. The van der Waals surface area contributed by atoms with Crippen LogP contribution < -0.4 is 0 Å². The Labute approximate surface area is 197 Å². The number of rotatable bonds is 4. The second kappa shape index (κ2) is 10.6. The molecular formula is C24H31F3N4O3. The molecule has 3 heterocycles. The summed E-state index contributed by atoms with van der Waals surface area (Å²) in [6, 6.07) is 12.6. The summed E-state index contributed by atoms with van der Waals surface area (Å²) in [4.78, 5) is 26.3. The van der Waals surface area contributed by atoms with Crippen molar-refractivity contribution in [2.24, 2.45) is 7.05 Å². The quantitative estimate of drug-likeness (QED) is 0.718. The fourth-order valence-corrected chi connectivity index (χ4v) is 4.85. The summed E-state index contributed by atoms with van der Waals surface area (Å²) in [6.45, 7) is 5.88. The summed E-state index contributed by atoms with van der Waals surface area (Å²) in [5.74, 6) is -2.43. The monoisotopic (exact) mass is 480 g/mol. The van der Waals surface area contributed by atoms with E-state index >= 15 is 0 Å². The first kappa shape index (κ1) is 25.7. The first-order chi connectivity index (χ1) is 16.0. The predicted molar refractivity (Wildman–Crippen MR) is 120 cm³/mol. The van der Waals surface area contributed by atoms with E-state index in [0.29, 0.717) is 12.3 Å². The summed E-state index contributed by atoms with van der Waals surface area (Å²) >= 11 is 0. The van der Waals surface area contributed by atoms with Crippen LogP contribution in [0, 0.1) is 6.92 Å². The summed E-state index contributed by atoms with van der Waals surface area (Å²) in [5.41, 5.74) is 3.63. The average molecular weight is 481 g/mol. The molecule has 1 spiro atoms. The highest BCUT2D eigenvalue weighted by molar-refractivity contribution is 5.79. The van der Waals surface area contributed by atoms with Gasteiger partial charge in [0.05, 0.1) is 11.4 Å². The molecule has 2 fully saturated rings. The number of carbonyl (C=O) groups excluding carboxylic acids is 1. The van der Waals surface area contributed by atoms with Crippen molar-refractivity contribution in [1.29, 1.82) is 0 Å². The van der Waals surface area contributed by atoms with E-state index in [1.165, 1.54) is 11.3 Å². The number of nitrogens with zero attached hydrogens (tertiary/aromatic N) is 4. The van der Waals surface area contributed by atoms with Crippen molar-refractivity contribution in [1.82, 2.24) is 19.6 Å². The van der Waals surface area contributed by atoms with Crippen LogP contribution in [0.3, 0.4) is 0 Å². The zero-order valence-electron chi connectivity index (χ0n) is 19.5. The van der Waals surface area contributed by atoms with Crippen molar-refractivity contribution in [3.63, 3.8) is 0 Å². The highest BCUT2D eigenvalue weighted by Crippen LogP contribution is 2.40. The molecule has 4 rings (SSSR count). The van der Waals surface area contributed by atoms with E-state index in [4.69, 9.17) is 9.90 Å². The van der Waals surface area contributed by atoms with E-state index in [0.717, 1.165) is 57.6 Å². The molecule has 0 bridgehead atoms. The maximum absolute atomic E-state index is 12.7. The minimum absolute atomic E-state index is 0.0457. The van der Waals surface area contributed by atoms with Crippen molar-refractivity contribution in [3.8, 4) is 0 Å². The molecule has 2 aliphatic heterocycles. The lowest BCUT2D eigenvalue weighted by Crippen LogP contribution is -2.45. The van der Waals surface area contributed by atoms with Crippen LogP contribution in [0.1, 0.15) is 49.1 Å². The third kappa shape index (κ3) is 6.37. The minimum atomic E-state index is -5.08. The van der Waals surface area contributed by atoms with Crippen LogP contribution in [0.15, 0.2) is 36.4 Å². The smallest absolute Gasteiger partial charge is 0.475 e. The first-order valence-corrected chi connectivity index (χ1v) is 11.4. The largest absolute Gasteiger partial charge is 0.490 e. The number of halogens is 3. The van der Waals surface area contributed by atoms with Crippen molar-refractivity contribution >= 4 is 11.9 Å². The summed E-state index contributed by atoms with van der Waals surface area (Å²) in [5, 5.41) is 11.6. The van der Waals surface area contributed by atoms with Gasteiger partial charge in [0.15, 0.2) is 0 Å². The highest BCUT2D eigenvalue weighted by atomic mass is 19.4. The standard InChI is InChI=1S/C22H30N4O.C2HF3O2/c1-18-15-20(24(2)23-18)17-25-13-6-10-22(12-14-25)11-9-21(27)26(22)16-19-7-4-3-5-8-19;3-2(4,5)1(6)7/h3-5,7-8,15H,6,9-14,16-17H2,1-2H3;(H,6,7). The molecule has 2 aliphatic rings. The third-order valence-electron chi connectivity index (χ3n) is 6.60.